The van der Waals surface area contributed by atoms with Crippen molar-refractivity contribution in [2.24, 2.45) is 0 Å². The molecule has 0 fully saturated rings. The molecule has 6 nitrogen and oxygen atoms in total. The molecule has 1 N–H and O–H groups in total. The molecule has 1 heterocycles. The lowest BCUT2D eigenvalue weighted by molar-refractivity contribution is -0.138. The van der Waals surface area contributed by atoms with Gasteiger partial charge in [-0.1, -0.05) is 0 Å². The second kappa shape index (κ2) is 4.70. The van der Waals surface area contributed by atoms with Crippen LogP contribution in [0.5, 0.6) is 0 Å². The van der Waals surface area contributed by atoms with Gasteiger partial charge in [-0.3, -0.25) is 0 Å². The summed E-state index contributed by atoms with van der Waals surface area (Å²) in [6, 6.07) is 2.05. The Bertz CT molecular complexity index is 527. The van der Waals surface area contributed by atoms with Crippen LogP contribution in [0.15, 0.2) is 23.2 Å². The third-order valence-electron chi connectivity index (χ3n) is 2.42. The fourth-order valence-corrected chi connectivity index (χ4v) is 2.14. The van der Waals surface area contributed by atoms with Crippen LogP contribution in [-0.2, 0) is 14.6 Å². The molecular weight excluding hydrogens is 244 g/mol. The maximum Gasteiger partial charge on any atom is 0.326 e. The molecule has 17 heavy (non-hydrogen) atoms. The zero-order valence-corrected chi connectivity index (χ0v) is 10.6. The highest BCUT2D eigenvalue weighted by Gasteiger charge is 2.23. The van der Waals surface area contributed by atoms with E-state index < -0.39 is 21.8 Å². The predicted molar refractivity (Wildman–Crippen MR) is 62.8 cm³/mol. The van der Waals surface area contributed by atoms with Crippen LogP contribution in [-0.4, -0.2) is 43.8 Å². The zero-order chi connectivity index (χ0) is 13.2. The Morgan fingerprint density at radius 1 is 1.53 bits per heavy atom. The van der Waals surface area contributed by atoms with Crippen LogP contribution in [0.1, 0.15) is 6.92 Å². The van der Waals surface area contributed by atoms with E-state index in [1.54, 1.807) is 0 Å². The number of likely N-dealkylation sites (N-methyl/N-ethyl adjacent to an activating group) is 1. The van der Waals surface area contributed by atoms with E-state index in [1.807, 2.05) is 0 Å². The van der Waals surface area contributed by atoms with E-state index in [0.29, 0.717) is 0 Å². The van der Waals surface area contributed by atoms with Gasteiger partial charge in [-0.05, 0) is 19.1 Å². The number of hydrogen-bond acceptors (Lipinski definition) is 5. The van der Waals surface area contributed by atoms with Crippen molar-refractivity contribution in [3.8, 4) is 0 Å². The molecule has 1 atom stereocenters. The first-order valence-electron chi connectivity index (χ1n) is 4.86. The third kappa shape index (κ3) is 2.94. The first-order valence-corrected chi connectivity index (χ1v) is 6.75. The molecule has 0 saturated heterocycles. The maximum atomic E-state index is 11.5. The molecule has 0 radical (unpaired) electrons. The number of aliphatic carboxylic acids is 1. The van der Waals surface area contributed by atoms with Crippen molar-refractivity contribution in [1.29, 1.82) is 0 Å². The molecule has 1 aromatic rings. The lowest BCUT2D eigenvalue weighted by Gasteiger charge is -2.24. The van der Waals surface area contributed by atoms with E-state index in [4.69, 9.17) is 5.11 Å². The molecule has 94 valence electrons. The lowest BCUT2D eigenvalue weighted by Crippen LogP contribution is -2.37. The molecule has 0 aliphatic rings. The third-order valence-corrected chi connectivity index (χ3v) is 3.54. The number of carboxylic acids is 1. The molecule has 0 aliphatic carbocycles. The minimum atomic E-state index is -3.43. The summed E-state index contributed by atoms with van der Waals surface area (Å²) in [7, 11) is -1.94. The molecule has 0 aliphatic heterocycles. The fourth-order valence-electron chi connectivity index (χ4n) is 1.29. The summed E-state index contributed by atoms with van der Waals surface area (Å²) >= 11 is 0. The van der Waals surface area contributed by atoms with E-state index in [2.05, 4.69) is 4.98 Å². The van der Waals surface area contributed by atoms with Crippen LogP contribution in [0.2, 0.25) is 0 Å². The van der Waals surface area contributed by atoms with Crippen molar-refractivity contribution >= 4 is 21.6 Å². The van der Waals surface area contributed by atoms with Gasteiger partial charge in [0.25, 0.3) is 0 Å². The van der Waals surface area contributed by atoms with Gasteiger partial charge in [-0.2, -0.15) is 0 Å². The van der Waals surface area contributed by atoms with Crippen LogP contribution >= 0.6 is 0 Å². The van der Waals surface area contributed by atoms with Crippen LogP contribution < -0.4 is 4.90 Å². The van der Waals surface area contributed by atoms with E-state index in [0.717, 1.165) is 6.26 Å². The molecular formula is C10H14N2O4S. The maximum absolute atomic E-state index is 11.5. The zero-order valence-electron chi connectivity index (χ0n) is 9.78. The molecule has 0 bridgehead atoms. The smallest absolute Gasteiger partial charge is 0.326 e. The average Bonchev–Trinajstić information content (AvgIpc) is 2.25. The Kier molecular flexibility index (Phi) is 3.72. The van der Waals surface area contributed by atoms with Gasteiger partial charge in [-0.15, -0.1) is 0 Å². The number of carboxylic acid groups (broad SMARTS) is 1. The van der Waals surface area contributed by atoms with E-state index in [9.17, 15) is 13.2 Å². The summed E-state index contributed by atoms with van der Waals surface area (Å²) in [5, 5.41) is 8.89. The highest BCUT2D eigenvalue weighted by molar-refractivity contribution is 7.90. The average molecular weight is 258 g/mol. The number of hydrogen-bond donors (Lipinski definition) is 1. The van der Waals surface area contributed by atoms with Crippen molar-refractivity contribution in [2.45, 2.75) is 17.9 Å². The van der Waals surface area contributed by atoms with Crippen molar-refractivity contribution in [3.05, 3.63) is 18.3 Å². The Hall–Kier alpha value is -1.63. The standard InChI is InChI=1S/C10H14N2O4S/c1-7(10(13)14)12(2)9-8(17(3,15)16)5-4-6-11-9/h4-7H,1-3H3,(H,13,14). The summed E-state index contributed by atoms with van der Waals surface area (Å²) in [6.45, 7) is 1.46. The fraction of sp³-hybridized carbons (Fsp3) is 0.400. The first-order chi connectivity index (χ1) is 7.75. The highest BCUT2D eigenvalue weighted by atomic mass is 32.2. The second-order valence-corrected chi connectivity index (χ2v) is 5.71. The normalized spacial score (nSPS) is 13.1. The molecule has 0 spiro atoms. The van der Waals surface area contributed by atoms with Crippen molar-refractivity contribution in [2.75, 3.05) is 18.2 Å². The Morgan fingerprint density at radius 3 is 2.59 bits per heavy atom. The Morgan fingerprint density at radius 2 is 2.12 bits per heavy atom. The predicted octanol–water partition coefficient (Wildman–Crippen LogP) is 0.394. The van der Waals surface area contributed by atoms with E-state index >= 15 is 0 Å². The number of rotatable bonds is 4. The molecule has 7 heteroatoms. The number of sulfone groups is 1. The molecule has 0 saturated carbocycles. The minimum absolute atomic E-state index is 0.0237. The molecule has 0 amide bonds. The van der Waals surface area contributed by atoms with Gasteiger partial charge in [-0.25, -0.2) is 18.2 Å². The van der Waals surface area contributed by atoms with Crippen LogP contribution in [0, 0.1) is 0 Å². The van der Waals surface area contributed by atoms with Crippen molar-refractivity contribution < 1.29 is 18.3 Å². The molecule has 0 aromatic carbocycles. The number of nitrogens with zero attached hydrogens (tertiary/aromatic N) is 2. The summed E-state index contributed by atoms with van der Waals surface area (Å²) < 4.78 is 23.1. The Balaban J connectivity index is 3.28. The molecule has 1 unspecified atom stereocenters. The van der Waals surface area contributed by atoms with Gasteiger partial charge in [0.2, 0.25) is 0 Å². The number of aromatic nitrogens is 1. The number of anilines is 1. The van der Waals surface area contributed by atoms with Gasteiger partial charge in [0.15, 0.2) is 9.84 Å². The highest BCUT2D eigenvalue weighted by Crippen LogP contribution is 2.22. The van der Waals surface area contributed by atoms with Crippen molar-refractivity contribution in [1.82, 2.24) is 4.98 Å². The number of carbonyl (C=O) groups is 1. The summed E-state index contributed by atoms with van der Waals surface area (Å²) in [5.74, 6) is -0.900. The van der Waals surface area contributed by atoms with Crippen molar-refractivity contribution in [3.63, 3.8) is 0 Å². The monoisotopic (exact) mass is 258 g/mol. The minimum Gasteiger partial charge on any atom is -0.480 e. The number of pyridine rings is 1. The molecule has 1 rings (SSSR count). The summed E-state index contributed by atoms with van der Waals surface area (Å²) in [5.41, 5.74) is 0. The van der Waals surface area contributed by atoms with Crippen LogP contribution in [0.25, 0.3) is 0 Å². The van der Waals surface area contributed by atoms with Gasteiger partial charge in [0, 0.05) is 19.5 Å². The van der Waals surface area contributed by atoms with Gasteiger partial charge < -0.3 is 10.0 Å². The van der Waals surface area contributed by atoms with Gasteiger partial charge in [0.1, 0.15) is 16.8 Å². The van der Waals surface area contributed by atoms with Gasteiger partial charge in [0.05, 0.1) is 0 Å². The summed E-state index contributed by atoms with van der Waals surface area (Å²) in [4.78, 5) is 16.1. The van der Waals surface area contributed by atoms with Gasteiger partial charge >= 0.3 is 5.97 Å². The SMILES string of the molecule is CC(C(=O)O)N(C)c1ncccc1S(C)(=O)=O. The lowest BCUT2D eigenvalue weighted by atomic mass is 10.3. The topological polar surface area (TPSA) is 87.6 Å². The Labute approximate surface area is 99.8 Å². The largest absolute Gasteiger partial charge is 0.480 e. The summed E-state index contributed by atoms with van der Waals surface area (Å²) in [6.07, 6.45) is 2.49. The van der Waals surface area contributed by atoms with Crippen LogP contribution in [0.4, 0.5) is 5.82 Å². The quantitative estimate of drug-likeness (QED) is 0.840. The first kappa shape index (κ1) is 13.4. The second-order valence-electron chi connectivity index (χ2n) is 3.72. The van der Waals surface area contributed by atoms with E-state index in [-0.39, 0.29) is 10.7 Å². The molecule has 1 aromatic heterocycles. The van der Waals surface area contributed by atoms with Crippen LogP contribution in [0.3, 0.4) is 0 Å². The van der Waals surface area contributed by atoms with E-state index in [1.165, 1.54) is 37.2 Å².